The van der Waals surface area contributed by atoms with Gasteiger partial charge in [0.05, 0.1) is 13.2 Å². The Morgan fingerprint density at radius 2 is 1.21 bits per heavy atom. The molecule has 2 aliphatic heterocycles. The van der Waals surface area contributed by atoms with Gasteiger partial charge in [0.15, 0.2) is 12.6 Å². The minimum absolute atomic E-state index is 0.667. The highest BCUT2D eigenvalue weighted by molar-refractivity contribution is 7.45. The van der Waals surface area contributed by atoms with Crippen LogP contribution in [-0.4, -0.2) is 130 Å². The summed E-state index contributed by atoms with van der Waals surface area (Å²) in [6, 6.07) is 0. The molecule has 168 valence electrons. The van der Waals surface area contributed by atoms with Crippen molar-refractivity contribution < 1.29 is 74.3 Å². The first-order valence-electron chi connectivity index (χ1n) is 7.86. The molecule has 0 aromatic carbocycles. The zero-order valence-electron chi connectivity index (χ0n) is 14.2. The van der Waals surface area contributed by atoms with Crippen LogP contribution < -0.4 is 0 Å². The molecule has 2 aliphatic rings. The lowest BCUT2D eigenvalue weighted by Gasteiger charge is -2.45. The van der Waals surface area contributed by atoms with Crippen LogP contribution >= 0.6 is 7.82 Å². The lowest BCUT2D eigenvalue weighted by Crippen LogP contribution is -2.64. The minimum Gasteiger partial charge on any atom is -0.394 e. The molecule has 2 saturated heterocycles. The van der Waals surface area contributed by atoms with Crippen molar-refractivity contribution in [2.24, 2.45) is 0 Å². The number of phosphoric acid groups is 1. The highest BCUT2D eigenvalue weighted by Crippen LogP contribution is 2.28. The summed E-state index contributed by atoms with van der Waals surface area (Å²) in [7, 11) is -4.64. The van der Waals surface area contributed by atoms with Gasteiger partial charge < -0.3 is 69.7 Å². The molecule has 0 aromatic rings. The van der Waals surface area contributed by atoms with Crippen molar-refractivity contribution in [2.75, 3.05) is 13.2 Å². The summed E-state index contributed by atoms with van der Waals surface area (Å²) < 4.78 is 24.1. The predicted octanol–water partition coefficient (Wildman–Crippen LogP) is -6.33. The highest BCUT2D eigenvalue weighted by atomic mass is 31.2. The van der Waals surface area contributed by atoms with Crippen LogP contribution in [0.15, 0.2) is 0 Å². The van der Waals surface area contributed by atoms with Crippen LogP contribution in [0.3, 0.4) is 0 Å². The summed E-state index contributed by atoms with van der Waals surface area (Å²) in [4.78, 5) is 21.6. The van der Waals surface area contributed by atoms with Crippen molar-refractivity contribution in [1.29, 1.82) is 0 Å². The highest BCUT2D eigenvalue weighted by Gasteiger charge is 2.50. The third kappa shape index (κ3) is 6.88. The average Bonchev–Trinajstić information content (AvgIpc) is 2.60. The first-order chi connectivity index (χ1) is 12.8. The molecule has 0 unspecified atom stereocenters. The van der Waals surface area contributed by atoms with Crippen molar-refractivity contribution >= 4 is 7.82 Å². The van der Waals surface area contributed by atoms with Crippen LogP contribution in [0.25, 0.3) is 0 Å². The van der Waals surface area contributed by atoms with E-state index < -0.39 is 82.4 Å². The Morgan fingerprint density at radius 1 is 0.714 bits per heavy atom. The van der Waals surface area contributed by atoms with E-state index in [9.17, 15) is 35.7 Å². The van der Waals surface area contributed by atoms with E-state index >= 15 is 0 Å². The van der Waals surface area contributed by atoms with Gasteiger partial charge in [0.2, 0.25) is 0 Å². The van der Waals surface area contributed by atoms with E-state index in [0.717, 1.165) is 0 Å². The lowest BCUT2D eigenvalue weighted by molar-refractivity contribution is -0.355. The Morgan fingerprint density at radius 3 is 1.68 bits per heavy atom. The quantitative estimate of drug-likeness (QED) is 0.181. The maximum atomic E-state index is 9.94. The second-order valence-electron chi connectivity index (χ2n) is 6.04. The molecule has 2 fully saturated rings. The molecule has 0 radical (unpaired) electrons. The van der Waals surface area contributed by atoms with Crippen LogP contribution in [0.2, 0.25) is 0 Å². The monoisotopic (exact) mass is 440 g/mol. The van der Waals surface area contributed by atoms with Gasteiger partial charge in [-0.15, -0.1) is 0 Å². The summed E-state index contributed by atoms with van der Waals surface area (Å²) in [5.41, 5.74) is 0. The maximum absolute atomic E-state index is 9.94. The van der Waals surface area contributed by atoms with E-state index in [1.54, 1.807) is 0 Å². The number of rotatable bonds is 4. The Balaban J connectivity index is 0.000000696. The van der Waals surface area contributed by atoms with Crippen molar-refractivity contribution in [3.63, 3.8) is 0 Å². The van der Waals surface area contributed by atoms with Crippen LogP contribution in [0.4, 0.5) is 0 Å². The summed E-state index contributed by atoms with van der Waals surface area (Å²) in [6.45, 7) is -1.35. The fourth-order valence-corrected chi connectivity index (χ4v) is 2.57. The fourth-order valence-electron chi connectivity index (χ4n) is 2.57. The fraction of sp³-hybridized carbons (Fsp3) is 1.00. The second kappa shape index (κ2) is 10.6. The standard InChI is InChI=1S/C12H22O11.H3O4P/c13-1-3-5(15)6(16)9(19)12(22-3)23-10-4(2-14)21-11(20)8(18)7(10)17;1-5(2,3)4/h3-20H,1-2H2;(H3,1,2,3,4)/t3-,4-,5-,6+,7-,8-,9-,10-,11-,12-;/m1./s1. The van der Waals surface area contributed by atoms with Gasteiger partial charge in [-0.1, -0.05) is 0 Å². The van der Waals surface area contributed by atoms with Crippen molar-refractivity contribution in [3.05, 3.63) is 0 Å². The largest absolute Gasteiger partial charge is 0.466 e. The topological polar surface area (TPSA) is 267 Å². The van der Waals surface area contributed by atoms with E-state index in [1.807, 2.05) is 0 Å². The molecule has 2 heterocycles. The predicted molar refractivity (Wildman–Crippen MR) is 82.9 cm³/mol. The van der Waals surface area contributed by atoms with Gasteiger partial charge in [0.1, 0.15) is 48.8 Å². The molecule has 0 amide bonds. The molecule has 0 spiro atoms. The third-order valence-corrected chi connectivity index (χ3v) is 3.98. The summed E-state index contributed by atoms with van der Waals surface area (Å²) >= 11 is 0. The molecule has 0 saturated carbocycles. The average molecular weight is 440 g/mol. The van der Waals surface area contributed by atoms with Gasteiger partial charge in [-0.2, -0.15) is 0 Å². The number of aliphatic hydroxyl groups is 8. The van der Waals surface area contributed by atoms with E-state index in [0.29, 0.717) is 0 Å². The first kappa shape index (κ1) is 25.7. The molecule has 16 heteroatoms. The van der Waals surface area contributed by atoms with E-state index in [-0.39, 0.29) is 0 Å². The SMILES string of the molecule is O=P(O)(O)O.OC[C@H]1O[C@H](O[C@H]2[C@H](O)[C@@H](O)[C@H](O)O[C@@H]2CO)[C@H](O)[C@@H](O)[C@@H]1O. The maximum Gasteiger partial charge on any atom is 0.466 e. The van der Waals surface area contributed by atoms with Crippen LogP contribution in [-0.2, 0) is 18.8 Å². The third-order valence-electron chi connectivity index (χ3n) is 3.98. The van der Waals surface area contributed by atoms with Crippen LogP contribution in [0, 0.1) is 0 Å². The van der Waals surface area contributed by atoms with Gasteiger partial charge in [-0.05, 0) is 0 Å². The Bertz CT molecular complexity index is 503. The summed E-state index contributed by atoms with van der Waals surface area (Å²) in [6.07, 6.45) is -15.6. The number of ether oxygens (including phenoxy) is 3. The van der Waals surface area contributed by atoms with Crippen molar-refractivity contribution in [2.45, 2.75) is 61.4 Å². The first-order valence-corrected chi connectivity index (χ1v) is 9.43. The zero-order chi connectivity index (χ0) is 21.8. The number of hydrogen-bond acceptors (Lipinski definition) is 12. The molecular weight excluding hydrogens is 415 g/mol. The van der Waals surface area contributed by atoms with Gasteiger partial charge in [0, 0.05) is 0 Å². The van der Waals surface area contributed by atoms with Crippen molar-refractivity contribution in [3.8, 4) is 0 Å². The smallest absolute Gasteiger partial charge is 0.394 e. The number of hydrogen-bond donors (Lipinski definition) is 11. The Labute approximate surface area is 157 Å². The Kier molecular flexibility index (Phi) is 9.75. The van der Waals surface area contributed by atoms with Crippen LogP contribution in [0.5, 0.6) is 0 Å². The molecule has 28 heavy (non-hydrogen) atoms. The lowest BCUT2D eigenvalue weighted by atomic mass is 9.97. The van der Waals surface area contributed by atoms with Crippen LogP contribution in [0.1, 0.15) is 0 Å². The van der Waals surface area contributed by atoms with Gasteiger partial charge in [0.25, 0.3) is 0 Å². The van der Waals surface area contributed by atoms with E-state index in [1.165, 1.54) is 0 Å². The van der Waals surface area contributed by atoms with Gasteiger partial charge in [-0.25, -0.2) is 4.57 Å². The molecule has 0 aliphatic carbocycles. The molecule has 2 rings (SSSR count). The normalized spacial score (nSPS) is 44.5. The molecular formula is C12H25O15P. The molecule has 11 N–H and O–H groups in total. The Hall–Kier alpha value is -0.330. The minimum atomic E-state index is -4.64. The van der Waals surface area contributed by atoms with Gasteiger partial charge >= 0.3 is 7.82 Å². The summed E-state index contributed by atoms with van der Waals surface area (Å²) in [5, 5.41) is 76.5. The van der Waals surface area contributed by atoms with E-state index in [4.69, 9.17) is 38.6 Å². The molecule has 0 aromatic heterocycles. The van der Waals surface area contributed by atoms with E-state index in [2.05, 4.69) is 0 Å². The van der Waals surface area contributed by atoms with Crippen molar-refractivity contribution in [1.82, 2.24) is 0 Å². The molecule has 15 nitrogen and oxygen atoms in total. The van der Waals surface area contributed by atoms with Gasteiger partial charge in [-0.3, -0.25) is 0 Å². The zero-order valence-corrected chi connectivity index (χ0v) is 15.1. The second-order valence-corrected chi connectivity index (χ2v) is 7.07. The molecule has 0 bridgehead atoms. The molecule has 10 atom stereocenters. The summed E-state index contributed by atoms with van der Waals surface area (Å²) in [5.74, 6) is 0. The number of aliphatic hydroxyl groups excluding tert-OH is 8.